The topological polar surface area (TPSA) is 78.9 Å². The van der Waals surface area contributed by atoms with E-state index in [9.17, 15) is 18.0 Å². The van der Waals surface area contributed by atoms with Gasteiger partial charge in [0.1, 0.15) is 0 Å². The number of benzene rings is 4. The molecule has 0 spiro atoms. The first-order valence-electron chi connectivity index (χ1n) is 11.6. The molecule has 1 heterocycles. The first-order valence-corrected chi connectivity index (χ1v) is 12.4. The van der Waals surface area contributed by atoms with Gasteiger partial charge in [0.2, 0.25) is 0 Å². The van der Waals surface area contributed by atoms with E-state index in [1.54, 1.807) is 36.5 Å². The van der Waals surface area contributed by atoms with E-state index in [-0.39, 0.29) is 0 Å². The number of nitrogens with zero attached hydrogens (tertiary/aromatic N) is 5. The lowest BCUT2D eigenvalue weighted by molar-refractivity contribution is -0.137. The molecule has 4 aromatic carbocycles. The van der Waals surface area contributed by atoms with Gasteiger partial charge >= 0.3 is 6.18 Å². The molecule has 0 fully saturated rings. The van der Waals surface area contributed by atoms with Gasteiger partial charge < -0.3 is 0 Å². The number of carbonyl (C=O) groups is 1. The van der Waals surface area contributed by atoms with Crippen molar-refractivity contribution in [3.63, 3.8) is 0 Å². The number of carbonyl (C=O) groups excluding carboxylic acids is 1. The zero-order valence-corrected chi connectivity index (χ0v) is 20.9. The number of fused-ring (bicyclic) bond motifs is 1. The van der Waals surface area contributed by atoms with Gasteiger partial charge in [0, 0.05) is 21.9 Å². The second-order valence-electron chi connectivity index (χ2n) is 8.23. The Labute approximate surface area is 224 Å². The summed E-state index contributed by atoms with van der Waals surface area (Å²) >= 11 is 1.37. The maximum absolute atomic E-state index is 12.7. The van der Waals surface area contributed by atoms with Gasteiger partial charge in [-0.15, -0.1) is 16.5 Å². The van der Waals surface area contributed by atoms with E-state index in [2.05, 4.69) is 25.4 Å². The molecular weight excluding hydrogens is 523 g/mol. The van der Waals surface area contributed by atoms with Crippen LogP contribution in [0.4, 0.5) is 41.6 Å². The second-order valence-corrected chi connectivity index (χ2v) is 9.37. The minimum absolute atomic E-state index is 0.313. The zero-order chi connectivity index (χ0) is 27.2. The largest absolute Gasteiger partial charge is 0.416 e. The van der Waals surface area contributed by atoms with Crippen molar-refractivity contribution in [1.29, 1.82) is 0 Å². The standard InChI is InChI=1S/C29H18F3N5OS/c30-29(31,32)19-5-7-20(8-6-19)34-35-21-9-11-22(12-10-21)36-37-28-16-15-27(25-3-1-2-4-26(25)28)33-17-23-13-14-24(18-38)39-23/h1-18H/b33-17+,35-34+,37-36+. The molecule has 10 heteroatoms. The molecule has 0 unspecified atom stereocenters. The SMILES string of the molecule is O=Cc1ccc(/C=N/c2ccc(/N=N/c3ccc(/N=N/c4ccc(C(F)(F)F)cc4)cc3)c3ccccc23)s1. The lowest BCUT2D eigenvalue weighted by Crippen LogP contribution is -2.03. The van der Waals surface area contributed by atoms with Crippen molar-refractivity contribution in [1.82, 2.24) is 0 Å². The molecular formula is C29H18F3N5OS. The molecule has 192 valence electrons. The fourth-order valence-corrected chi connectivity index (χ4v) is 4.33. The highest BCUT2D eigenvalue weighted by molar-refractivity contribution is 7.15. The van der Waals surface area contributed by atoms with Crippen LogP contribution < -0.4 is 0 Å². The van der Waals surface area contributed by atoms with E-state index in [1.807, 2.05) is 42.5 Å². The number of rotatable bonds is 7. The third-order valence-electron chi connectivity index (χ3n) is 5.57. The molecule has 0 aliphatic carbocycles. The summed E-state index contributed by atoms with van der Waals surface area (Å²) in [4.78, 5) is 17.0. The van der Waals surface area contributed by atoms with Gasteiger partial charge in [-0.05, 0) is 72.8 Å². The van der Waals surface area contributed by atoms with Gasteiger partial charge in [-0.2, -0.15) is 28.5 Å². The highest BCUT2D eigenvalue weighted by Crippen LogP contribution is 2.35. The third-order valence-corrected chi connectivity index (χ3v) is 6.52. The van der Waals surface area contributed by atoms with Crippen LogP contribution in [0.15, 0.2) is 123 Å². The number of azo groups is 2. The van der Waals surface area contributed by atoms with Crippen LogP contribution in [-0.4, -0.2) is 12.5 Å². The van der Waals surface area contributed by atoms with Crippen molar-refractivity contribution in [3.05, 3.63) is 112 Å². The van der Waals surface area contributed by atoms with Crippen molar-refractivity contribution >= 4 is 63.0 Å². The molecule has 0 aliphatic heterocycles. The summed E-state index contributed by atoms with van der Waals surface area (Å²) in [6.45, 7) is 0. The van der Waals surface area contributed by atoms with Gasteiger partial charge in [0.05, 0.1) is 38.9 Å². The molecule has 1 aromatic heterocycles. The average Bonchev–Trinajstić information content (AvgIpc) is 3.42. The Bertz CT molecular complexity index is 1710. The molecule has 39 heavy (non-hydrogen) atoms. The molecule has 5 rings (SSSR count). The van der Waals surface area contributed by atoms with E-state index in [4.69, 9.17) is 0 Å². The van der Waals surface area contributed by atoms with Crippen molar-refractivity contribution in [2.45, 2.75) is 6.18 Å². The van der Waals surface area contributed by atoms with E-state index in [1.165, 1.54) is 23.5 Å². The summed E-state index contributed by atoms with van der Waals surface area (Å²) < 4.78 is 38.1. The molecule has 0 atom stereocenters. The number of hydrogen-bond acceptors (Lipinski definition) is 7. The van der Waals surface area contributed by atoms with Crippen molar-refractivity contribution in [3.8, 4) is 0 Å². The van der Waals surface area contributed by atoms with Crippen molar-refractivity contribution in [2.24, 2.45) is 25.4 Å². The number of aliphatic imine (C=N–C) groups is 1. The summed E-state index contributed by atoms with van der Waals surface area (Å²) in [6, 6.07) is 26.4. The van der Waals surface area contributed by atoms with Crippen LogP contribution in [0.2, 0.25) is 0 Å². The Morgan fingerprint density at radius 2 is 1.10 bits per heavy atom. The number of aldehydes is 1. The lowest BCUT2D eigenvalue weighted by atomic mass is 10.1. The van der Waals surface area contributed by atoms with E-state index >= 15 is 0 Å². The maximum Gasteiger partial charge on any atom is 0.416 e. The van der Waals surface area contributed by atoms with Crippen LogP contribution in [-0.2, 0) is 6.18 Å². The molecule has 0 saturated carbocycles. The molecule has 0 N–H and O–H groups in total. The predicted molar refractivity (Wildman–Crippen MR) is 147 cm³/mol. The molecule has 0 amide bonds. The minimum atomic E-state index is -4.39. The highest BCUT2D eigenvalue weighted by Gasteiger charge is 2.29. The first kappa shape index (κ1) is 25.8. The molecule has 0 radical (unpaired) electrons. The highest BCUT2D eigenvalue weighted by atomic mass is 32.1. The van der Waals surface area contributed by atoms with Crippen molar-refractivity contribution < 1.29 is 18.0 Å². The maximum atomic E-state index is 12.7. The summed E-state index contributed by atoms with van der Waals surface area (Å²) in [5.74, 6) is 0. The summed E-state index contributed by atoms with van der Waals surface area (Å²) in [5, 5.41) is 18.6. The number of hydrogen-bond donors (Lipinski definition) is 0. The second kappa shape index (κ2) is 11.3. The quantitative estimate of drug-likeness (QED) is 0.115. The van der Waals surface area contributed by atoms with E-state index in [0.717, 1.165) is 39.8 Å². The van der Waals surface area contributed by atoms with Gasteiger partial charge in [-0.25, -0.2) is 0 Å². The number of thiophene rings is 1. The first-order chi connectivity index (χ1) is 18.9. The summed E-state index contributed by atoms with van der Waals surface area (Å²) in [7, 11) is 0. The Morgan fingerprint density at radius 1 is 0.590 bits per heavy atom. The Hall–Kier alpha value is -4.83. The molecule has 0 bridgehead atoms. The lowest BCUT2D eigenvalue weighted by Gasteiger charge is -2.05. The minimum Gasteiger partial charge on any atom is -0.297 e. The summed E-state index contributed by atoms with van der Waals surface area (Å²) in [5.41, 5.74) is 2.14. The van der Waals surface area contributed by atoms with E-state index < -0.39 is 11.7 Å². The van der Waals surface area contributed by atoms with Crippen LogP contribution >= 0.6 is 11.3 Å². The van der Waals surface area contributed by atoms with Gasteiger partial charge in [0.15, 0.2) is 6.29 Å². The van der Waals surface area contributed by atoms with E-state index in [0.29, 0.717) is 27.6 Å². The van der Waals surface area contributed by atoms with Crippen LogP contribution in [0.3, 0.4) is 0 Å². The monoisotopic (exact) mass is 541 g/mol. The Kier molecular flexibility index (Phi) is 7.46. The molecule has 5 aromatic rings. The fraction of sp³-hybridized carbons (Fsp3) is 0.0345. The molecule has 6 nitrogen and oxygen atoms in total. The van der Waals surface area contributed by atoms with Crippen LogP contribution in [0.5, 0.6) is 0 Å². The van der Waals surface area contributed by atoms with Crippen LogP contribution in [0.1, 0.15) is 20.1 Å². The van der Waals surface area contributed by atoms with Crippen LogP contribution in [0, 0.1) is 0 Å². The zero-order valence-electron chi connectivity index (χ0n) is 20.1. The van der Waals surface area contributed by atoms with Crippen molar-refractivity contribution in [2.75, 3.05) is 0 Å². The summed E-state index contributed by atoms with van der Waals surface area (Å²) in [6.07, 6.45) is -1.84. The normalized spacial score (nSPS) is 12.3. The molecule has 0 saturated heterocycles. The average molecular weight is 542 g/mol. The predicted octanol–water partition coefficient (Wildman–Crippen LogP) is 10.3. The van der Waals surface area contributed by atoms with Gasteiger partial charge in [-0.1, -0.05) is 24.3 Å². The molecule has 0 aliphatic rings. The van der Waals surface area contributed by atoms with Crippen LogP contribution in [0.25, 0.3) is 10.8 Å². The van der Waals surface area contributed by atoms with Gasteiger partial charge in [-0.3, -0.25) is 9.79 Å². The number of halogens is 3. The number of alkyl halides is 3. The Balaban J connectivity index is 1.30. The fourth-order valence-electron chi connectivity index (χ4n) is 3.63. The Morgan fingerprint density at radius 3 is 1.67 bits per heavy atom. The smallest absolute Gasteiger partial charge is 0.297 e. The third kappa shape index (κ3) is 6.36. The van der Waals surface area contributed by atoms with Gasteiger partial charge in [0.25, 0.3) is 0 Å².